The van der Waals surface area contributed by atoms with Crippen molar-refractivity contribution in [1.29, 1.82) is 0 Å². The quantitative estimate of drug-likeness (QED) is 0.604. The summed E-state index contributed by atoms with van der Waals surface area (Å²) < 4.78 is 29.0. The molecule has 1 aromatic carbocycles. The summed E-state index contributed by atoms with van der Waals surface area (Å²) in [4.78, 5) is 14.5. The maximum absolute atomic E-state index is 12.7. The number of hydrogen-bond donors (Lipinski definition) is 0. The van der Waals surface area contributed by atoms with E-state index in [0.717, 1.165) is 44.3 Å². The van der Waals surface area contributed by atoms with Crippen LogP contribution in [0.15, 0.2) is 34.3 Å². The number of carbonyl (C=O) groups is 1. The average molecular weight is 450 g/mol. The molecule has 2 aliphatic heterocycles. The minimum Gasteiger partial charge on any atom is -0.342 e. The summed E-state index contributed by atoms with van der Waals surface area (Å²) in [5, 5.41) is 9.29. The summed E-state index contributed by atoms with van der Waals surface area (Å²) in [5.41, 5.74) is 0.808. The molecule has 1 aromatic heterocycles. The maximum atomic E-state index is 12.7. The van der Waals surface area contributed by atoms with Crippen LogP contribution in [0.2, 0.25) is 0 Å². The molecule has 3 heterocycles. The topological polar surface area (TPSA) is 88.4 Å². The second-order valence-electron chi connectivity index (χ2n) is 7.56. The SMILES string of the molecule is CCn1c(SCC(=O)N2CCCC2)nnc1-c1ccc(S(=O)(=O)N2CCCC2)cc1. The number of nitrogens with zero attached hydrogens (tertiary/aromatic N) is 5. The molecule has 0 radical (unpaired) electrons. The van der Waals surface area contributed by atoms with Crippen LogP contribution >= 0.6 is 11.8 Å². The van der Waals surface area contributed by atoms with Crippen molar-refractivity contribution in [2.24, 2.45) is 0 Å². The summed E-state index contributed by atoms with van der Waals surface area (Å²) >= 11 is 1.40. The van der Waals surface area contributed by atoms with Gasteiger partial charge in [-0.15, -0.1) is 10.2 Å². The van der Waals surface area contributed by atoms with Gasteiger partial charge >= 0.3 is 0 Å². The molecule has 0 N–H and O–H groups in total. The van der Waals surface area contributed by atoms with Crippen molar-refractivity contribution >= 4 is 27.7 Å². The van der Waals surface area contributed by atoms with E-state index in [-0.39, 0.29) is 5.91 Å². The third-order valence-electron chi connectivity index (χ3n) is 5.63. The molecule has 162 valence electrons. The maximum Gasteiger partial charge on any atom is 0.243 e. The molecule has 4 rings (SSSR count). The first kappa shape index (κ1) is 21.3. The predicted molar refractivity (Wildman–Crippen MR) is 116 cm³/mol. The summed E-state index contributed by atoms with van der Waals surface area (Å²) in [7, 11) is -3.43. The van der Waals surface area contributed by atoms with Gasteiger partial charge in [-0.3, -0.25) is 4.79 Å². The number of sulfonamides is 1. The van der Waals surface area contributed by atoms with Crippen molar-refractivity contribution in [3.8, 4) is 11.4 Å². The van der Waals surface area contributed by atoms with Gasteiger partial charge in [-0.05, 0) is 56.9 Å². The van der Waals surface area contributed by atoms with Crippen molar-refractivity contribution in [3.63, 3.8) is 0 Å². The Labute approximate surface area is 181 Å². The first-order chi connectivity index (χ1) is 14.5. The highest BCUT2D eigenvalue weighted by atomic mass is 32.2. The van der Waals surface area contributed by atoms with Crippen molar-refractivity contribution in [2.75, 3.05) is 31.9 Å². The lowest BCUT2D eigenvalue weighted by Crippen LogP contribution is -2.29. The second-order valence-corrected chi connectivity index (χ2v) is 10.4. The number of carbonyl (C=O) groups excluding carboxylic acids is 1. The largest absolute Gasteiger partial charge is 0.342 e. The van der Waals surface area contributed by atoms with Crippen LogP contribution in [0.1, 0.15) is 32.6 Å². The molecular formula is C20H27N5O3S2. The van der Waals surface area contributed by atoms with E-state index in [0.29, 0.717) is 41.3 Å². The third kappa shape index (κ3) is 4.26. The van der Waals surface area contributed by atoms with Crippen LogP contribution in [0.3, 0.4) is 0 Å². The van der Waals surface area contributed by atoms with Crippen LogP contribution in [0.5, 0.6) is 0 Å². The minimum absolute atomic E-state index is 0.140. The lowest BCUT2D eigenvalue weighted by Gasteiger charge is -2.16. The Morgan fingerprint density at radius 3 is 2.27 bits per heavy atom. The van der Waals surface area contributed by atoms with Gasteiger partial charge in [0.05, 0.1) is 10.6 Å². The normalized spacial score (nSPS) is 17.7. The highest BCUT2D eigenvalue weighted by Gasteiger charge is 2.27. The van der Waals surface area contributed by atoms with E-state index in [1.54, 1.807) is 28.6 Å². The van der Waals surface area contributed by atoms with Gasteiger partial charge in [0.2, 0.25) is 15.9 Å². The average Bonchev–Trinajstić information content (AvgIpc) is 3.53. The zero-order valence-corrected chi connectivity index (χ0v) is 18.8. The number of rotatable bonds is 7. The number of likely N-dealkylation sites (tertiary alicyclic amines) is 1. The number of aromatic nitrogens is 3. The summed E-state index contributed by atoms with van der Waals surface area (Å²) in [6.45, 7) is 5.54. The second kappa shape index (κ2) is 9.07. The molecule has 2 saturated heterocycles. The third-order valence-corrected chi connectivity index (χ3v) is 8.50. The van der Waals surface area contributed by atoms with Crippen LogP contribution < -0.4 is 0 Å². The van der Waals surface area contributed by atoms with Crippen LogP contribution in [0.25, 0.3) is 11.4 Å². The number of hydrogen-bond acceptors (Lipinski definition) is 6. The number of amides is 1. The van der Waals surface area contributed by atoms with Crippen molar-refractivity contribution in [1.82, 2.24) is 24.0 Å². The number of thioether (sulfide) groups is 1. The Morgan fingerprint density at radius 2 is 1.63 bits per heavy atom. The van der Waals surface area contributed by atoms with Gasteiger partial charge < -0.3 is 9.47 Å². The lowest BCUT2D eigenvalue weighted by molar-refractivity contribution is -0.127. The zero-order valence-electron chi connectivity index (χ0n) is 17.2. The van der Waals surface area contributed by atoms with Crippen molar-refractivity contribution < 1.29 is 13.2 Å². The fourth-order valence-electron chi connectivity index (χ4n) is 3.93. The minimum atomic E-state index is -3.43. The summed E-state index contributed by atoms with van der Waals surface area (Å²) in [5.74, 6) is 1.17. The van der Waals surface area contributed by atoms with Gasteiger partial charge in [0.1, 0.15) is 0 Å². The first-order valence-corrected chi connectivity index (χ1v) is 12.9. The fraction of sp³-hybridized carbons (Fsp3) is 0.550. The molecule has 0 aliphatic carbocycles. The van der Waals surface area contributed by atoms with Crippen LogP contribution in [-0.2, 0) is 21.4 Å². The van der Waals surface area contributed by atoms with Crippen LogP contribution in [-0.4, -0.2) is 70.2 Å². The van der Waals surface area contributed by atoms with Crippen molar-refractivity contribution in [3.05, 3.63) is 24.3 Å². The van der Waals surface area contributed by atoms with Gasteiger partial charge in [0.25, 0.3) is 0 Å². The smallest absolute Gasteiger partial charge is 0.243 e. The van der Waals surface area contributed by atoms with Gasteiger partial charge in [-0.2, -0.15) is 4.31 Å². The van der Waals surface area contributed by atoms with Crippen LogP contribution in [0.4, 0.5) is 0 Å². The van der Waals surface area contributed by atoms with Gasteiger partial charge in [0.15, 0.2) is 11.0 Å². The highest BCUT2D eigenvalue weighted by molar-refractivity contribution is 7.99. The highest BCUT2D eigenvalue weighted by Crippen LogP contribution is 2.27. The predicted octanol–water partition coefficient (Wildman–Crippen LogP) is 2.46. The van der Waals surface area contributed by atoms with Gasteiger partial charge in [0, 0.05) is 38.3 Å². The molecule has 1 amide bonds. The van der Waals surface area contributed by atoms with Gasteiger partial charge in [-0.25, -0.2) is 8.42 Å². The van der Waals surface area contributed by atoms with E-state index in [1.807, 2.05) is 16.4 Å². The molecule has 8 nitrogen and oxygen atoms in total. The Bertz CT molecular complexity index is 992. The molecular weight excluding hydrogens is 422 g/mol. The molecule has 0 spiro atoms. The molecule has 2 fully saturated rings. The standard InChI is InChI=1S/C20H27N5O3S2/c1-2-25-19(21-22-20(25)29-15-18(26)23-11-3-4-12-23)16-7-9-17(10-8-16)30(27,28)24-13-5-6-14-24/h7-10H,2-6,11-15H2,1H3. The zero-order chi connectivity index (χ0) is 21.1. The van der Waals surface area contributed by atoms with E-state index in [2.05, 4.69) is 10.2 Å². The Hall–Kier alpha value is -1.91. The molecule has 2 aromatic rings. The summed E-state index contributed by atoms with van der Waals surface area (Å²) in [6, 6.07) is 6.84. The van der Waals surface area contributed by atoms with Crippen molar-refractivity contribution in [2.45, 2.75) is 49.2 Å². The molecule has 0 unspecified atom stereocenters. The van der Waals surface area contributed by atoms with E-state index >= 15 is 0 Å². The molecule has 2 aliphatic rings. The Morgan fingerprint density at radius 1 is 1.00 bits per heavy atom. The van der Waals surface area contributed by atoms with Crippen LogP contribution in [0, 0.1) is 0 Å². The Balaban J connectivity index is 1.49. The Kier molecular flexibility index (Phi) is 6.45. The van der Waals surface area contributed by atoms with Gasteiger partial charge in [-0.1, -0.05) is 11.8 Å². The monoisotopic (exact) mass is 449 g/mol. The van der Waals surface area contributed by atoms with E-state index in [9.17, 15) is 13.2 Å². The molecule has 0 atom stereocenters. The molecule has 30 heavy (non-hydrogen) atoms. The first-order valence-electron chi connectivity index (χ1n) is 10.4. The molecule has 0 bridgehead atoms. The molecule has 0 saturated carbocycles. The number of benzene rings is 1. The molecule has 10 heteroatoms. The summed E-state index contributed by atoms with van der Waals surface area (Å²) in [6.07, 6.45) is 3.99. The van der Waals surface area contributed by atoms with E-state index < -0.39 is 10.0 Å². The van der Waals surface area contributed by atoms with E-state index in [1.165, 1.54) is 11.8 Å². The van der Waals surface area contributed by atoms with E-state index in [4.69, 9.17) is 0 Å². The fourth-order valence-corrected chi connectivity index (χ4v) is 6.35. The lowest BCUT2D eigenvalue weighted by atomic mass is 10.2.